The molecule has 104 valence electrons. The highest BCUT2D eigenvalue weighted by atomic mass is 16.5. The standard InChI is InChI=1S/C12H19N5O2/c1-17-7-2-3-9(17)5-8-19-12-10(11(13)16-18)4-6-14-15-12/h4,6,9,18H,2-3,5,7-8H2,1H3,(H2,13,16). The number of aromatic nitrogens is 2. The molecule has 1 saturated heterocycles. The Bertz CT molecular complexity index is 452. The zero-order chi connectivity index (χ0) is 13.7. The molecule has 2 heterocycles. The van der Waals surface area contributed by atoms with Gasteiger partial charge >= 0.3 is 0 Å². The van der Waals surface area contributed by atoms with Gasteiger partial charge in [-0.05, 0) is 38.9 Å². The van der Waals surface area contributed by atoms with Crippen molar-refractivity contribution < 1.29 is 9.94 Å². The number of amidine groups is 1. The molecular formula is C12H19N5O2. The van der Waals surface area contributed by atoms with Crippen LogP contribution in [0.1, 0.15) is 24.8 Å². The fraction of sp³-hybridized carbons (Fsp3) is 0.583. The molecule has 3 N–H and O–H groups in total. The van der Waals surface area contributed by atoms with Crippen LogP contribution in [0.25, 0.3) is 0 Å². The van der Waals surface area contributed by atoms with Crippen molar-refractivity contribution in [1.29, 1.82) is 0 Å². The Morgan fingerprint density at radius 3 is 3.21 bits per heavy atom. The van der Waals surface area contributed by atoms with Crippen molar-refractivity contribution in [3.8, 4) is 5.88 Å². The lowest BCUT2D eigenvalue weighted by molar-refractivity contribution is 0.227. The third-order valence-electron chi connectivity index (χ3n) is 3.43. The van der Waals surface area contributed by atoms with Crippen LogP contribution in [0.4, 0.5) is 0 Å². The van der Waals surface area contributed by atoms with Crippen LogP contribution in [-0.2, 0) is 0 Å². The molecule has 0 amide bonds. The first-order valence-electron chi connectivity index (χ1n) is 6.35. The fourth-order valence-corrected chi connectivity index (χ4v) is 2.31. The molecule has 0 aliphatic carbocycles. The van der Waals surface area contributed by atoms with Crippen molar-refractivity contribution in [2.24, 2.45) is 10.9 Å². The Morgan fingerprint density at radius 1 is 1.68 bits per heavy atom. The van der Waals surface area contributed by atoms with E-state index < -0.39 is 0 Å². The molecule has 1 aliphatic heterocycles. The molecule has 0 spiro atoms. The second-order valence-corrected chi connectivity index (χ2v) is 4.65. The van der Waals surface area contributed by atoms with E-state index in [2.05, 4.69) is 27.3 Å². The zero-order valence-corrected chi connectivity index (χ0v) is 11.0. The Morgan fingerprint density at radius 2 is 2.53 bits per heavy atom. The number of rotatable bonds is 5. The van der Waals surface area contributed by atoms with E-state index in [0.29, 0.717) is 24.1 Å². The van der Waals surface area contributed by atoms with Crippen LogP contribution in [0.2, 0.25) is 0 Å². The number of nitrogens with two attached hydrogens (primary N) is 1. The van der Waals surface area contributed by atoms with E-state index in [1.54, 1.807) is 6.07 Å². The van der Waals surface area contributed by atoms with Gasteiger partial charge in [-0.2, -0.15) is 5.10 Å². The molecule has 1 fully saturated rings. The molecule has 1 aromatic heterocycles. The predicted molar refractivity (Wildman–Crippen MR) is 70.3 cm³/mol. The zero-order valence-electron chi connectivity index (χ0n) is 11.0. The van der Waals surface area contributed by atoms with E-state index in [-0.39, 0.29) is 5.84 Å². The summed E-state index contributed by atoms with van der Waals surface area (Å²) in [5.74, 6) is 0.279. The minimum Gasteiger partial charge on any atom is -0.476 e. The quantitative estimate of drug-likeness (QED) is 0.347. The van der Waals surface area contributed by atoms with Gasteiger partial charge in [0.1, 0.15) is 0 Å². The summed E-state index contributed by atoms with van der Waals surface area (Å²) in [5, 5.41) is 19.3. The number of likely N-dealkylation sites (tertiary alicyclic amines) is 1. The number of nitrogens with zero attached hydrogens (tertiary/aromatic N) is 4. The predicted octanol–water partition coefficient (Wildman–Crippen LogP) is 0.434. The van der Waals surface area contributed by atoms with Crippen molar-refractivity contribution >= 4 is 5.84 Å². The highest BCUT2D eigenvalue weighted by molar-refractivity contribution is 5.98. The summed E-state index contributed by atoms with van der Waals surface area (Å²) in [6.45, 7) is 1.69. The van der Waals surface area contributed by atoms with Gasteiger partial charge in [0.2, 0.25) is 5.88 Å². The Hall–Kier alpha value is -1.89. The third kappa shape index (κ3) is 3.31. The first-order valence-corrected chi connectivity index (χ1v) is 6.35. The summed E-state index contributed by atoms with van der Waals surface area (Å²) < 4.78 is 5.60. The molecule has 1 unspecified atom stereocenters. The third-order valence-corrected chi connectivity index (χ3v) is 3.43. The molecule has 1 aliphatic rings. The molecule has 7 heteroatoms. The lowest BCUT2D eigenvalue weighted by Crippen LogP contribution is -2.27. The van der Waals surface area contributed by atoms with Gasteiger partial charge in [-0.15, -0.1) is 5.10 Å². The minimum absolute atomic E-state index is 0.0251. The first-order chi connectivity index (χ1) is 9.22. The van der Waals surface area contributed by atoms with Gasteiger partial charge in [-0.25, -0.2) is 0 Å². The van der Waals surface area contributed by atoms with Gasteiger partial charge in [0.05, 0.1) is 18.4 Å². The van der Waals surface area contributed by atoms with E-state index in [1.165, 1.54) is 19.0 Å². The maximum atomic E-state index is 8.70. The number of ether oxygens (including phenoxy) is 1. The molecular weight excluding hydrogens is 246 g/mol. The molecule has 1 aromatic rings. The summed E-state index contributed by atoms with van der Waals surface area (Å²) in [4.78, 5) is 2.34. The van der Waals surface area contributed by atoms with E-state index in [0.717, 1.165) is 13.0 Å². The maximum absolute atomic E-state index is 8.70. The van der Waals surface area contributed by atoms with Gasteiger partial charge in [-0.3, -0.25) is 0 Å². The molecule has 0 saturated carbocycles. The molecule has 0 bridgehead atoms. The average molecular weight is 265 g/mol. The second kappa shape index (κ2) is 6.33. The summed E-state index contributed by atoms with van der Waals surface area (Å²) in [6.07, 6.45) is 4.85. The number of oxime groups is 1. The average Bonchev–Trinajstić information content (AvgIpc) is 2.84. The van der Waals surface area contributed by atoms with E-state index in [9.17, 15) is 0 Å². The summed E-state index contributed by atoms with van der Waals surface area (Å²) >= 11 is 0. The van der Waals surface area contributed by atoms with Gasteiger partial charge in [-0.1, -0.05) is 5.16 Å². The lowest BCUT2D eigenvalue weighted by Gasteiger charge is -2.19. The maximum Gasteiger partial charge on any atom is 0.244 e. The summed E-state index contributed by atoms with van der Waals surface area (Å²) in [5.41, 5.74) is 6.01. The van der Waals surface area contributed by atoms with Crippen LogP contribution in [0, 0.1) is 0 Å². The van der Waals surface area contributed by atoms with E-state index in [4.69, 9.17) is 15.7 Å². The van der Waals surface area contributed by atoms with Crippen LogP contribution in [0.15, 0.2) is 17.4 Å². The molecule has 0 radical (unpaired) electrons. The van der Waals surface area contributed by atoms with Gasteiger partial charge in [0.15, 0.2) is 5.84 Å². The second-order valence-electron chi connectivity index (χ2n) is 4.65. The fourth-order valence-electron chi connectivity index (χ4n) is 2.31. The smallest absolute Gasteiger partial charge is 0.244 e. The van der Waals surface area contributed by atoms with Crippen LogP contribution >= 0.6 is 0 Å². The van der Waals surface area contributed by atoms with E-state index >= 15 is 0 Å². The van der Waals surface area contributed by atoms with Crippen LogP contribution in [-0.4, -0.2) is 52.4 Å². The number of hydrogen-bond acceptors (Lipinski definition) is 6. The van der Waals surface area contributed by atoms with Crippen LogP contribution < -0.4 is 10.5 Å². The summed E-state index contributed by atoms with van der Waals surface area (Å²) in [7, 11) is 2.13. The van der Waals surface area contributed by atoms with Crippen molar-refractivity contribution in [1.82, 2.24) is 15.1 Å². The molecule has 2 rings (SSSR count). The number of hydrogen-bond donors (Lipinski definition) is 2. The Kier molecular flexibility index (Phi) is 4.51. The van der Waals surface area contributed by atoms with Crippen LogP contribution in [0.3, 0.4) is 0 Å². The molecule has 7 nitrogen and oxygen atoms in total. The topological polar surface area (TPSA) is 96.9 Å². The highest BCUT2D eigenvalue weighted by Gasteiger charge is 2.20. The first kappa shape index (κ1) is 13.5. The van der Waals surface area contributed by atoms with E-state index in [1.807, 2.05) is 0 Å². The van der Waals surface area contributed by atoms with Gasteiger partial charge in [0.25, 0.3) is 0 Å². The Balaban J connectivity index is 1.92. The highest BCUT2D eigenvalue weighted by Crippen LogP contribution is 2.19. The largest absolute Gasteiger partial charge is 0.476 e. The van der Waals surface area contributed by atoms with Crippen molar-refractivity contribution in [3.05, 3.63) is 17.8 Å². The van der Waals surface area contributed by atoms with Crippen molar-refractivity contribution in [2.45, 2.75) is 25.3 Å². The molecule has 0 aromatic carbocycles. The van der Waals surface area contributed by atoms with Gasteiger partial charge < -0.3 is 20.6 Å². The van der Waals surface area contributed by atoms with Gasteiger partial charge in [0, 0.05) is 6.04 Å². The summed E-state index contributed by atoms with van der Waals surface area (Å²) in [6, 6.07) is 2.17. The lowest BCUT2D eigenvalue weighted by atomic mass is 10.1. The van der Waals surface area contributed by atoms with Crippen molar-refractivity contribution in [3.63, 3.8) is 0 Å². The normalized spacial score (nSPS) is 20.7. The van der Waals surface area contributed by atoms with Crippen molar-refractivity contribution in [2.75, 3.05) is 20.2 Å². The SMILES string of the molecule is CN1CCCC1CCOc1nnccc1/C(N)=N/O. The molecule has 1 atom stereocenters. The Labute approximate surface area is 112 Å². The molecule has 19 heavy (non-hydrogen) atoms. The minimum atomic E-state index is -0.0251. The monoisotopic (exact) mass is 265 g/mol. The van der Waals surface area contributed by atoms with Crippen LogP contribution in [0.5, 0.6) is 5.88 Å².